The van der Waals surface area contributed by atoms with E-state index >= 15 is 0 Å². The number of carbonyl (C=O) groups excluding carboxylic acids is 1. The van der Waals surface area contributed by atoms with Crippen molar-refractivity contribution in [2.75, 3.05) is 23.3 Å². The zero-order chi connectivity index (χ0) is 21.0. The SMILES string of the molecule is COc1ccccc1N(CC(=O)Nc1ccc(C)cc1Br)S(=O)(=O)c1cccs1. The summed E-state index contributed by atoms with van der Waals surface area (Å²) in [5.74, 6) is -0.113. The third kappa shape index (κ3) is 4.80. The highest BCUT2D eigenvalue weighted by Crippen LogP contribution is 2.33. The lowest BCUT2D eigenvalue weighted by Gasteiger charge is -2.25. The molecule has 0 bridgehead atoms. The number of para-hydroxylation sites is 2. The summed E-state index contributed by atoms with van der Waals surface area (Å²) >= 11 is 4.51. The van der Waals surface area contributed by atoms with Crippen molar-refractivity contribution >= 4 is 54.6 Å². The van der Waals surface area contributed by atoms with E-state index in [0.717, 1.165) is 25.7 Å². The van der Waals surface area contributed by atoms with Gasteiger partial charge in [-0.3, -0.25) is 9.10 Å². The molecule has 0 aliphatic carbocycles. The fourth-order valence-electron chi connectivity index (χ4n) is 2.70. The van der Waals surface area contributed by atoms with E-state index in [4.69, 9.17) is 4.74 Å². The molecule has 0 fully saturated rings. The zero-order valence-electron chi connectivity index (χ0n) is 15.8. The van der Waals surface area contributed by atoms with Gasteiger partial charge in [-0.2, -0.15) is 0 Å². The van der Waals surface area contributed by atoms with Gasteiger partial charge < -0.3 is 10.1 Å². The normalized spacial score (nSPS) is 11.1. The van der Waals surface area contributed by atoms with E-state index in [1.807, 2.05) is 19.1 Å². The monoisotopic (exact) mass is 494 g/mol. The van der Waals surface area contributed by atoms with Crippen LogP contribution in [0.2, 0.25) is 0 Å². The first-order chi connectivity index (χ1) is 13.8. The Labute approximate surface area is 182 Å². The molecule has 1 aromatic heterocycles. The smallest absolute Gasteiger partial charge is 0.274 e. The third-order valence-electron chi connectivity index (χ3n) is 4.08. The molecule has 1 N–H and O–H groups in total. The molecule has 0 saturated carbocycles. The van der Waals surface area contributed by atoms with Gasteiger partial charge in [0.1, 0.15) is 16.5 Å². The van der Waals surface area contributed by atoms with Crippen LogP contribution < -0.4 is 14.4 Å². The Hall–Kier alpha value is -2.36. The number of hydrogen-bond acceptors (Lipinski definition) is 5. The number of rotatable bonds is 7. The molecule has 1 amide bonds. The first kappa shape index (κ1) is 21.4. The van der Waals surface area contributed by atoms with Gasteiger partial charge in [0.2, 0.25) is 5.91 Å². The zero-order valence-corrected chi connectivity index (χ0v) is 19.0. The standard InChI is InChI=1S/C20H19BrN2O4S2/c1-14-9-10-16(15(21)12-14)22-19(24)13-23(17-6-3-4-7-18(17)27-2)29(25,26)20-8-5-11-28-20/h3-12H,13H2,1-2H3,(H,22,24). The topological polar surface area (TPSA) is 75.7 Å². The highest BCUT2D eigenvalue weighted by atomic mass is 79.9. The van der Waals surface area contributed by atoms with Crippen molar-refractivity contribution in [3.05, 3.63) is 70.0 Å². The van der Waals surface area contributed by atoms with E-state index in [0.29, 0.717) is 17.1 Å². The van der Waals surface area contributed by atoms with Gasteiger partial charge in [-0.25, -0.2) is 8.42 Å². The lowest BCUT2D eigenvalue weighted by molar-refractivity contribution is -0.114. The summed E-state index contributed by atoms with van der Waals surface area (Å²) in [5.41, 5.74) is 1.89. The average Bonchev–Trinajstić information content (AvgIpc) is 3.24. The summed E-state index contributed by atoms with van der Waals surface area (Å²) in [4.78, 5) is 12.8. The van der Waals surface area contributed by atoms with Gasteiger partial charge in [0.15, 0.2) is 0 Å². The van der Waals surface area contributed by atoms with Gasteiger partial charge in [-0.1, -0.05) is 24.3 Å². The second-order valence-corrected chi connectivity index (χ2v) is 10.0. The minimum atomic E-state index is -3.95. The van der Waals surface area contributed by atoms with Gasteiger partial charge in [-0.15, -0.1) is 11.3 Å². The Morgan fingerprint density at radius 2 is 1.93 bits per heavy atom. The largest absolute Gasteiger partial charge is 0.495 e. The van der Waals surface area contributed by atoms with Gasteiger partial charge in [0.25, 0.3) is 10.0 Å². The number of carbonyl (C=O) groups is 1. The van der Waals surface area contributed by atoms with E-state index in [9.17, 15) is 13.2 Å². The van der Waals surface area contributed by atoms with E-state index in [1.54, 1.807) is 41.8 Å². The third-order valence-corrected chi connectivity index (χ3v) is 7.87. The molecule has 29 heavy (non-hydrogen) atoms. The fraction of sp³-hybridized carbons (Fsp3) is 0.150. The maximum Gasteiger partial charge on any atom is 0.274 e. The molecule has 2 aromatic carbocycles. The summed E-state index contributed by atoms with van der Waals surface area (Å²) in [5, 5.41) is 4.44. The number of aryl methyl sites for hydroxylation is 1. The van der Waals surface area contributed by atoms with Crippen molar-refractivity contribution in [1.29, 1.82) is 0 Å². The van der Waals surface area contributed by atoms with Crippen LogP contribution in [0, 0.1) is 6.92 Å². The summed E-state index contributed by atoms with van der Waals surface area (Å²) in [6.07, 6.45) is 0. The highest BCUT2D eigenvalue weighted by molar-refractivity contribution is 9.10. The van der Waals surface area contributed by atoms with Crippen LogP contribution in [0.3, 0.4) is 0 Å². The van der Waals surface area contributed by atoms with Crippen LogP contribution in [0.25, 0.3) is 0 Å². The molecule has 152 valence electrons. The summed E-state index contributed by atoms with van der Waals surface area (Å²) in [6.45, 7) is 1.54. The Morgan fingerprint density at radius 3 is 2.59 bits per heavy atom. The Morgan fingerprint density at radius 1 is 1.17 bits per heavy atom. The van der Waals surface area contributed by atoms with Gasteiger partial charge >= 0.3 is 0 Å². The molecule has 0 radical (unpaired) electrons. The Kier molecular flexibility index (Phi) is 6.61. The van der Waals surface area contributed by atoms with Gasteiger partial charge in [-0.05, 0) is 64.1 Å². The quantitative estimate of drug-likeness (QED) is 0.518. The molecule has 0 spiro atoms. The lowest BCUT2D eigenvalue weighted by Crippen LogP contribution is -2.38. The maximum absolute atomic E-state index is 13.3. The van der Waals surface area contributed by atoms with Crippen molar-refractivity contribution in [2.24, 2.45) is 0 Å². The lowest BCUT2D eigenvalue weighted by atomic mass is 10.2. The number of halogens is 1. The van der Waals surface area contributed by atoms with Crippen LogP contribution in [0.5, 0.6) is 5.75 Å². The predicted molar refractivity (Wildman–Crippen MR) is 119 cm³/mol. The molecule has 0 aliphatic rings. The van der Waals surface area contributed by atoms with Crippen molar-refractivity contribution < 1.29 is 17.9 Å². The van der Waals surface area contributed by atoms with Crippen molar-refractivity contribution in [3.63, 3.8) is 0 Å². The number of ether oxygens (including phenoxy) is 1. The fourth-order valence-corrected chi connectivity index (χ4v) is 5.82. The van der Waals surface area contributed by atoms with Crippen LogP contribution in [-0.4, -0.2) is 28.0 Å². The summed E-state index contributed by atoms with van der Waals surface area (Å²) in [6, 6.07) is 15.4. The molecule has 0 saturated heterocycles. The van der Waals surface area contributed by atoms with Gasteiger partial charge in [0, 0.05) is 4.47 Å². The van der Waals surface area contributed by atoms with E-state index in [-0.39, 0.29) is 4.21 Å². The molecule has 6 nitrogen and oxygen atoms in total. The highest BCUT2D eigenvalue weighted by Gasteiger charge is 2.30. The average molecular weight is 495 g/mol. The number of amides is 1. The van der Waals surface area contributed by atoms with Crippen LogP contribution >= 0.6 is 27.3 Å². The van der Waals surface area contributed by atoms with Crippen LogP contribution in [0.15, 0.2) is 68.7 Å². The number of methoxy groups -OCH3 is 1. The van der Waals surface area contributed by atoms with Crippen molar-refractivity contribution in [1.82, 2.24) is 0 Å². The van der Waals surface area contributed by atoms with Crippen LogP contribution in [-0.2, 0) is 14.8 Å². The number of benzene rings is 2. The Balaban J connectivity index is 1.96. The number of nitrogens with zero attached hydrogens (tertiary/aromatic N) is 1. The number of nitrogens with one attached hydrogen (secondary N) is 1. The first-order valence-electron chi connectivity index (χ1n) is 8.58. The summed E-state index contributed by atoms with van der Waals surface area (Å²) in [7, 11) is -2.49. The predicted octanol–water partition coefficient (Wildman–Crippen LogP) is 4.66. The number of thiophene rings is 1. The van der Waals surface area contributed by atoms with Crippen molar-refractivity contribution in [3.8, 4) is 5.75 Å². The molecule has 3 rings (SSSR count). The number of sulfonamides is 1. The molecule has 3 aromatic rings. The van der Waals surface area contributed by atoms with Crippen LogP contribution in [0.4, 0.5) is 11.4 Å². The number of hydrogen-bond donors (Lipinski definition) is 1. The Bertz CT molecular complexity index is 1120. The van der Waals surface area contributed by atoms with Gasteiger partial charge in [0.05, 0.1) is 18.5 Å². The van der Waals surface area contributed by atoms with Crippen molar-refractivity contribution in [2.45, 2.75) is 11.1 Å². The van der Waals surface area contributed by atoms with Crippen LogP contribution in [0.1, 0.15) is 5.56 Å². The number of anilines is 2. The van der Waals surface area contributed by atoms with E-state index < -0.39 is 22.5 Å². The second kappa shape index (κ2) is 8.98. The molecule has 0 unspecified atom stereocenters. The molecular weight excluding hydrogens is 476 g/mol. The molecule has 0 atom stereocenters. The minimum Gasteiger partial charge on any atom is -0.495 e. The summed E-state index contributed by atoms with van der Waals surface area (Å²) < 4.78 is 33.8. The van der Waals surface area contributed by atoms with E-state index in [2.05, 4.69) is 21.2 Å². The second-order valence-electron chi connectivity index (χ2n) is 6.15. The molecule has 9 heteroatoms. The first-order valence-corrected chi connectivity index (χ1v) is 11.7. The molecule has 1 heterocycles. The maximum atomic E-state index is 13.3. The minimum absolute atomic E-state index is 0.146. The molecular formula is C20H19BrN2O4S2. The molecule has 0 aliphatic heterocycles. The van der Waals surface area contributed by atoms with E-state index in [1.165, 1.54) is 13.2 Å².